The number of para-hydroxylation sites is 1. The maximum atomic E-state index is 14.3. The van der Waals surface area contributed by atoms with Crippen LogP contribution in [0.5, 0.6) is 0 Å². The van der Waals surface area contributed by atoms with E-state index in [2.05, 4.69) is 41.9 Å². The second-order valence-electron chi connectivity index (χ2n) is 15.6. The molecule has 0 bridgehead atoms. The quantitative estimate of drug-likeness (QED) is 0.0658. The van der Waals surface area contributed by atoms with Gasteiger partial charge in [-0.3, -0.25) is 33.8 Å². The molecule has 0 unspecified atom stereocenters. The number of aromatic amines is 1. The third-order valence-corrected chi connectivity index (χ3v) is 10.7. The number of nitrogens with zero attached hydrogens (tertiary/aromatic N) is 2. The van der Waals surface area contributed by atoms with Crippen molar-refractivity contribution in [2.75, 3.05) is 26.7 Å². The van der Waals surface area contributed by atoms with Gasteiger partial charge in [-0.1, -0.05) is 32.0 Å². The number of aliphatic carboxylic acids is 1. The Morgan fingerprint density at radius 2 is 1.75 bits per heavy atom. The highest BCUT2D eigenvalue weighted by Gasteiger charge is 2.40. The standard InChI is InChI=1S/C40H61N11O8/c1-23(2)20-31(39(58)59)50-35(54)28-15-16-33(52)44-17-7-6-12-29(48-34(53)27(43-3)13-8-18-45-40(41)42)38(57)51-19-9-14-32(51)37(56)49-30(36(55)47-28)21-24-22-46-26-11-5-4-10-25(24)26/h4-5,10-11,22-23,27-32,43,46H,6-9,12-21H2,1-3H3,(H,44,52)(H,47,55)(H,48,53)(H,49,56)(H,50,54)(H,58,59)(H4,41,42,45)/t27-,28+,29-,30-,31-,32-/m0/s1. The fourth-order valence-corrected chi connectivity index (χ4v) is 7.51. The lowest BCUT2D eigenvalue weighted by molar-refractivity contribution is -0.143. The number of fused-ring (bicyclic) bond motifs is 2. The number of hydrogen-bond donors (Lipinski definition) is 10. The molecule has 6 atom stereocenters. The average Bonchev–Trinajstić information content (AvgIpc) is 3.85. The molecule has 3 heterocycles. The molecule has 2 aliphatic heterocycles. The van der Waals surface area contributed by atoms with Crippen LogP contribution in [0, 0.1) is 5.92 Å². The number of nitrogens with two attached hydrogens (primary N) is 2. The summed E-state index contributed by atoms with van der Waals surface area (Å²) in [5.74, 6) is -4.71. The van der Waals surface area contributed by atoms with Gasteiger partial charge in [0.25, 0.3) is 0 Å². The maximum Gasteiger partial charge on any atom is 0.326 e. The lowest BCUT2D eigenvalue weighted by atomic mass is 10.0. The molecule has 0 aliphatic carbocycles. The van der Waals surface area contributed by atoms with Crippen LogP contribution < -0.4 is 43.4 Å². The Balaban J connectivity index is 1.63. The van der Waals surface area contributed by atoms with E-state index in [9.17, 15) is 38.7 Å². The van der Waals surface area contributed by atoms with Crippen molar-refractivity contribution in [3.8, 4) is 0 Å². The number of benzene rings is 1. The molecule has 2 aliphatic rings. The van der Waals surface area contributed by atoms with Crippen molar-refractivity contribution in [3.05, 3.63) is 36.0 Å². The van der Waals surface area contributed by atoms with E-state index in [0.29, 0.717) is 50.6 Å². The summed E-state index contributed by atoms with van der Waals surface area (Å²) in [6.07, 6.45) is 4.36. The normalized spacial score (nSPS) is 22.2. The lowest BCUT2D eigenvalue weighted by Gasteiger charge is -2.31. The van der Waals surface area contributed by atoms with Crippen LogP contribution in [0.4, 0.5) is 0 Å². The van der Waals surface area contributed by atoms with Gasteiger partial charge in [0.15, 0.2) is 5.96 Å². The molecule has 4 rings (SSSR count). The first-order valence-electron chi connectivity index (χ1n) is 20.5. The largest absolute Gasteiger partial charge is 0.480 e. The molecule has 324 valence electrons. The zero-order valence-electron chi connectivity index (χ0n) is 34.2. The zero-order chi connectivity index (χ0) is 43.1. The first-order chi connectivity index (χ1) is 28.2. The van der Waals surface area contributed by atoms with Crippen molar-refractivity contribution in [2.24, 2.45) is 22.4 Å². The number of aliphatic imine (C=N–C) groups is 1. The number of hydrogen-bond acceptors (Lipinski definition) is 9. The molecule has 0 radical (unpaired) electrons. The van der Waals surface area contributed by atoms with Crippen LogP contribution in [-0.4, -0.2) is 125 Å². The Morgan fingerprint density at radius 1 is 0.983 bits per heavy atom. The number of carboxylic acids is 1. The molecule has 19 heteroatoms. The van der Waals surface area contributed by atoms with Gasteiger partial charge in [0.1, 0.15) is 30.2 Å². The summed E-state index contributed by atoms with van der Waals surface area (Å²) < 4.78 is 0. The number of nitrogens with one attached hydrogen (secondary N) is 7. The molecule has 1 aromatic heterocycles. The number of guanidine groups is 1. The molecule has 12 N–H and O–H groups in total. The number of carboxylic acid groups (broad SMARTS) is 1. The summed E-state index contributed by atoms with van der Waals surface area (Å²) in [5.41, 5.74) is 12.4. The van der Waals surface area contributed by atoms with Crippen molar-refractivity contribution in [1.29, 1.82) is 0 Å². The Kier molecular flexibility index (Phi) is 17.5. The van der Waals surface area contributed by atoms with E-state index >= 15 is 0 Å². The van der Waals surface area contributed by atoms with Crippen LogP contribution in [-0.2, 0) is 40.0 Å². The van der Waals surface area contributed by atoms with E-state index in [4.69, 9.17) is 11.5 Å². The second kappa shape index (κ2) is 22.4. The predicted molar refractivity (Wildman–Crippen MR) is 220 cm³/mol. The first kappa shape index (κ1) is 46.0. The summed E-state index contributed by atoms with van der Waals surface area (Å²) in [5, 5.41) is 27.4. The molecule has 59 heavy (non-hydrogen) atoms. The van der Waals surface area contributed by atoms with Gasteiger partial charge in [-0.15, -0.1) is 0 Å². The number of H-pyrrole nitrogens is 1. The lowest BCUT2D eigenvalue weighted by Crippen LogP contribution is -2.59. The smallest absolute Gasteiger partial charge is 0.326 e. The molecule has 6 amide bonds. The highest BCUT2D eigenvalue weighted by atomic mass is 16.4. The van der Waals surface area contributed by atoms with Crippen LogP contribution in [0.25, 0.3) is 10.9 Å². The number of rotatable bonds is 14. The Labute approximate surface area is 344 Å². The average molecular weight is 824 g/mol. The molecule has 0 saturated carbocycles. The minimum atomic E-state index is -1.31. The zero-order valence-corrected chi connectivity index (χ0v) is 34.2. The van der Waals surface area contributed by atoms with Crippen molar-refractivity contribution in [1.82, 2.24) is 41.8 Å². The van der Waals surface area contributed by atoms with Crippen LogP contribution in [0.1, 0.15) is 83.6 Å². The summed E-state index contributed by atoms with van der Waals surface area (Å²) in [7, 11) is 1.64. The minimum absolute atomic E-state index is 0.00451. The van der Waals surface area contributed by atoms with Gasteiger partial charge in [-0.25, -0.2) is 4.79 Å². The molecule has 1 aromatic carbocycles. The molecule has 19 nitrogen and oxygen atoms in total. The van der Waals surface area contributed by atoms with Gasteiger partial charge >= 0.3 is 5.97 Å². The summed E-state index contributed by atoms with van der Waals surface area (Å²) >= 11 is 0. The number of amides is 6. The molecular weight excluding hydrogens is 763 g/mol. The van der Waals surface area contributed by atoms with Crippen molar-refractivity contribution in [2.45, 2.75) is 121 Å². The highest BCUT2D eigenvalue weighted by Crippen LogP contribution is 2.23. The number of aromatic nitrogens is 1. The Morgan fingerprint density at radius 3 is 2.46 bits per heavy atom. The summed E-state index contributed by atoms with van der Waals surface area (Å²) in [6.45, 7) is 4.44. The van der Waals surface area contributed by atoms with E-state index in [-0.39, 0.29) is 57.1 Å². The second-order valence-corrected chi connectivity index (χ2v) is 15.6. The summed E-state index contributed by atoms with van der Waals surface area (Å²) in [4.78, 5) is 104. The van der Waals surface area contributed by atoms with Crippen molar-refractivity contribution in [3.63, 3.8) is 0 Å². The third-order valence-electron chi connectivity index (χ3n) is 10.7. The Hall–Kier alpha value is -5.72. The van der Waals surface area contributed by atoms with E-state index in [1.165, 1.54) is 4.90 Å². The van der Waals surface area contributed by atoms with Gasteiger partial charge in [0.2, 0.25) is 35.4 Å². The fourth-order valence-electron chi connectivity index (χ4n) is 7.51. The molecular formula is C40H61N11O8. The van der Waals surface area contributed by atoms with Crippen molar-refractivity contribution < 1.29 is 38.7 Å². The molecule has 2 saturated heterocycles. The van der Waals surface area contributed by atoms with E-state index in [1.54, 1.807) is 13.2 Å². The fraction of sp³-hybridized carbons (Fsp3) is 0.600. The van der Waals surface area contributed by atoms with E-state index < -0.39 is 77.7 Å². The first-order valence-corrected chi connectivity index (χ1v) is 20.5. The van der Waals surface area contributed by atoms with Crippen LogP contribution in [0.15, 0.2) is 35.5 Å². The van der Waals surface area contributed by atoms with Gasteiger partial charge in [-0.05, 0) is 82.4 Å². The number of carbonyl (C=O) groups is 7. The van der Waals surface area contributed by atoms with Gasteiger partial charge in [0.05, 0.1) is 6.04 Å². The van der Waals surface area contributed by atoms with Crippen LogP contribution in [0.3, 0.4) is 0 Å². The van der Waals surface area contributed by atoms with Crippen LogP contribution in [0.2, 0.25) is 0 Å². The predicted octanol–water partition coefficient (Wildman–Crippen LogP) is -0.507. The van der Waals surface area contributed by atoms with Crippen LogP contribution >= 0.6 is 0 Å². The van der Waals surface area contributed by atoms with E-state index in [1.807, 2.05) is 38.1 Å². The van der Waals surface area contributed by atoms with Gasteiger partial charge in [-0.2, -0.15) is 0 Å². The summed E-state index contributed by atoms with van der Waals surface area (Å²) in [6, 6.07) is 1.04. The Bertz CT molecular complexity index is 1830. The number of carbonyl (C=O) groups excluding carboxylic acids is 6. The highest BCUT2D eigenvalue weighted by molar-refractivity contribution is 5.97. The molecule has 0 spiro atoms. The maximum absolute atomic E-state index is 14.3. The van der Waals surface area contributed by atoms with E-state index in [0.717, 1.165) is 10.9 Å². The number of likely N-dealkylation sites (N-methyl/N-ethyl adjacent to an activating group) is 1. The third kappa shape index (κ3) is 13.7. The SMILES string of the molecule is CN[C@@H](CCCN=C(N)N)C(=O)N[C@H]1CCCCNC(=O)CC[C@H](C(=O)N[C@@H](CC(C)C)C(=O)O)NC(=O)[C@H](Cc2c[nH]c3ccccc23)NC(=O)[C@@H]2CCCN2C1=O. The van der Waals surface area contributed by atoms with Crippen molar-refractivity contribution >= 4 is 58.3 Å². The monoisotopic (exact) mass is 823 g/mol. The van der Waals surface area contributed by atoms with Gasteiger partial charge in [0, 0.05) is 49.6 Å². The molecule has 2 aromatic rings. The van der Waals surface area contributed by atoms with Gasteiger partial charge < -0.3 is 58.4 Å². The molecule has 2 fully saturated rings. The topological polar surface area (TPSA) is 295 Å². The minimum Gasteiger partial charge on any atom is -0.480 e.